The first-order valence-electron chi connectivity index (χ1n) is 10.7. The number of nitrogens with zero attached hydrogens (tertiary/aromatic N) is 4. The predicted octanol–water partition coefficient (Wildman–Crippen LogP) is 3.96. The molecule has 4 nitrogen and oxygen atoms in total. The van der Waals surface area contributed by atoms with Crippen molar-refractivity contribution in [2.24, 2.45) is 0 Å². The lowest BCUT2D eigenvalue weighted by Crippen LogP contribution is -2.47. The van der Waals surface area contributed by atoms with Crippen LogP contribution in [0.3, 0.4) is 0 Å². The van der Waals surface area contributed by atoms with Crippen LogP contribution in [0.5, 0.6) is 0 Å². The molecule has 1 fully saturated rings. The molecule has 146 valence electrons. The molecule has 2 aliphatic heterocycles. The van der Waals surface area contributed by atoms with Gasteiger partial charge < -0.3 is 9.47 Å². The quantitative estimate of drug-likeness (QED) is 0.691. The zero-order chi connectivity index (χ0) is 19.1. The number of aromatic nitrogens is 2. The SMILES string of the molecule is Cc1ccnc(N2CCN(CCc3c(C)n4c5c(cccc35)CCC4)CC2)c1. The van der Waals surface area contributed by atoms with Gasteiger partial charge in [-0.25, -0.2) is 4.98 Å². The molecule has 2 aromatic heterocycles. The highest BCUT2D eigenvalue weighted by Crippen LogP contribution is 2.33. The summed E-state index contributed by atoms with van der Waals surface area (Å²) in [5.41, 5.74) is 7.40. The molecule has 28 heavy (non-hydrogen) atoms. The minimum Gasteiger partial charge on any atom is -0.354 e. The molecule has 5 rings (SSSR count). The lowest BCUT2D eigenvalue weighted by molar-refractivity contribution is 0.260. The Labute approximate surface area is 167 Å². The number of hydrogen-bond donors (Lipinski definition) is 0. The van der Waals surface area contributed by atoms with Crippen LogP contribution in [0, 0.1) is 13.8 Å². The van der Waals surface area contributed by atoms with Crippen molar-refractivity contribution < 1.29 is 0 Å². The maximum atomic E-state index is 4.56. The number of benzene rings is 1. The van der Waals surface area contributed by atoms with Crippen molar-refractivity contribution in [1.82, 2.24) is 14.5 Å². The summed E-state index contributed by atoms with van der Waals surface area (Å²) in [4.78, 5) is 9.61. The van der Waals surface area contributed by atoms with Crippen LogP contribution in [0.2, 0.25) is 0 Å². The van der Waals surface area contributed by atoms with Crippen LogP contribution in [0.25, 0.3) is 10.9 Å². The number of anilines is 1. The number of hydrogen-bond acceptors (Lipinski definition) is 3. The van der Waals surface area contributed by atoms with Crippen molar-refractivity contribution in [3.8, 4) is 0 Å². The Morgan fingerprint density at radius 2 is 1.86 bits per heavy atom. The molecule has 0 radical (unpaired) electrons. The Morgan fingerprint density at radius 1 is 1.00 bits per heavy atom. The Kier molecular flexibility index (Phi) is 4.59. The Bertz CT molecular complexity index is 995. The van der Waals surface area contributed by atoms with Crippen molar-refractivity contribution in [3.05, 3.63) is 58.9 Å². The third kappa shape index (κ3) is 3.10. The van der Waals surface area contributed by atoms with Crippen LogP contribution < -0.4 is 4.90 Å². The number of para-hydroxylation sites is 1. The van der Waals surface area contributed by atoms with Crippen LogP contribution in [-0.4, -0.2) is 47.2 Å². The average molecular weight is 375 g/mol. The Morgan fingerprint density at radius 3 is 2.68 bits per heavy atom. The van der Waals surface area contributed by atoms with Crippen LogP contribution in [0.15, 0.2) is 36.5 Å². The van der Waals surface area contributed by atoms with Crippen LogP contribution in [0.1, 0.15) is 28.8 Å². The van der Waals surface area contributed by atoms with Gasteiger partial charge in [0.05, 0.1) is 5.52 Å². The monoisotopic (exact) mass is 374 g/mol. The molecule has 2 aliphatic rings. The number of aryl methyl sites for hydroxylation is 3. The molecule has 4 heterocycles. The molecule has 4 heteroatoms. The van der Waals surface area contributed by atoms with Gasteiger partial charge in [0.1, 0.15) is 5.82 Å². The van der Waals surface area contributed by atoms with E-state index >= 15 is 0 Å². The lowest BCUT2D eigenvalue weighted by Gasteiger charge is -2.35. The van der Waals surface area contributed by atoms with E-state index < -0.39 is 0 Å². The van der Waals surface area contributed by atoms with Gasteiger partial charge in [0, 0.05) is 56.5 Å². The average Bonchev–Trinajstić information content (AvgIpc) is 3.00. The topological polar surface area (TPSA) is 24.3 Å². The molecule has 0 spiro atoms. The summed E-state index contributed by atoms with van der Waals surface area (Å²) >= 11 is 0. The van der Waals surface area contributed by atoms with E-state index in [0.29, 0.717) is 0 Å². The number of pyridine rings is 1. The third-order valence-electron chi connectivity index (χ3n) is 6.66. The summed E-state index contributed by atoms with van der Waals surface area (Å²) in [5.74, 6) is 1.13. The molecule has 3 aromatic rings. The molecule has 0 saturated carbocycles. The van der Waals surface area contributed by atoms with E-state index in [1.54, 1.807) is 5.56 Å². The minimum atomic E-state index is 1.07. The lowest BCUT2D eigenvalue weighted by atomic mass is 10.0. The molecule has 1 aromatic carbocycles. The van der Waals surface area contributed by atoms with E-state index in [-0.39, 0.29) is 0 Å². The Balaban J connectivity index is 1.27. The smallest absolute Gasteiger partial charge is 0.128 e. The molecular weight excluding hydrogens is 344 g/mol. The van der Waals surface area contributed by atoms with Crippen molar-refractivity contribution in [3.63, 3.8) is 0 Å². The highest BCUT2D eigenvalue weighted by atomic mass is 15.3. The van der Waals surface area contributed by atoms with Gasteiger partial charge in [-0.2, -0.15) is 0 Å². The summed E-state index contributed by atoms with van der Waals surface area (Å²) in [7, 11) is 0. The molecule has 0 amide bonds. The number of rotatable bonds is 4. The summed E-state index contributed by atoms with van der Waals surface area (Å²) in [6.07, 6.45) is 5.59. The molecule has 0 unspecified atom stereocenters. The van der Waals surface area contributed by atoms with Gasteiger partial charge in [-0.05, 0) is 61.9 Å². The molecule has 0 bridgehead atoms. The summed E-state index contributed by atoms with van der Waals surface area (Å²) in [6, 6.07) is 11.2. The highest BCUT2D eigenvalue weighted by molar-refractivity contribution is 5.88. The van der Waals surface area contributed by atoms with Gasteiger partial charge in [-0.1, -0.05) is 18.2 Å². The summed E-state index contributed by atoms with van der Waals surface area (Å²) in [5, 5.41) is 1.50. The molecular formula is C24H30N4. The summed E-state index contributed by atoms with van der Waals surface area (Å²) < 4.78 is 2.57. The van der Waals surface area contributed by atoms with Gasteiger partial charge in [-0.15, -0.1) is 0 Å². The highest BCUT2D eigenvalue weighted by Gasteiger charge is 2.22. The minimum absolute atomic E-state index is 1.07. The second kappa shape index (κ2) is 7.25. The van der Waals surface area contributed by atoms with E-state index in [9.17, 15) is 0 Å². The zero-order valence-electron chi connectivity index (χ0n) is 17.1. The first-order valence-corrected chi connectivity index (χ1v) is 10.7. The molecule has 0 N–H and O–H groups in total. The fraction of sp³-hybridized carbons (Fsp3) is 0.458. The van der Waals surface area contributed by atoms with Gasteiger partial charge in [-0.3, -0.25) is 4.90 Å². The maximum absolute atomic E-state index is 4.56. The van der Waals surface area contributed by atoms with E-state index in [1.165, 1.54) is 47.1 Å². The second-order valence-electron chi connectivity index (χ2n) is 8.40. The first kappa shape index (κ1) is 17.7. The van der Waals surface area contributed by atoms with Crippen LogP contribution in [-0.2, 0) is 19.4 Å². The Hall–Kier alpha value is -2.33. The fourth-order valence-electron chi connectivity index (χ4n) is 5.07. The van der Waals surface area contributed by atoms with Crippen molar-refractivity contribution in [2.45, 2.75) is 39.7 Å². The van der Waals surface area contributed by atoms with Crippen molar-refractivity contribution in [2.75, 3.05) is 37.6 Å². The first-order chi connectivity index (χ1) is 13.7. The largest absolute Gasteiger partial charge is 0.354 e. The maximum Gasteiger partial charge on any atom is 0.128 e. The van der Waals surface area contributed by atoms with E-state index in [2.05, 4.69) is 63.5 Å². The molecule has 1 saturated heterocycles. The predicted molar refractivity (Wildman–Crippen MR) is 116 cm³/mol. The number of piperazine rings is 1. The molecule has 0 atom stereocenters. The second-order valence-corrected chi connectivity index (χ2v) is 8.40. The summed E-state index contributed by atoms with van der Waals surface area (Å²) in [6.45, 7) is 11.2. The van der Waals surface area contributed by atoms with Gasteiger partial charge in [0.15, 0.2) is 0 Å². The van der Waals surface area contributed by atoms with Gasteiger partial charge in [0.2, 0.25) is 0 Å². The van der Waals surface area contributed by atoms with Crippen LogP contribution >= 0.6 is 0 Å². The molecule has 0 aliphatic carbocycles. The zero-order valence-corrected chi connectivity index (χ0v) is 17.1. The van der Waals surface area contributed by atoms with E-state index in [4.69, 9.17) is 0 Å². The van der Waals surface area contributed by atoms with Crippen molar-refractivity contribution >= 4 is 16.7 Å². The van der Waals surface area contributed by atoms with E-state index in [1.807, 2.05) is 6.20 Å². The van der Waals surface area contributed by atoms with Gasteiger partial charge >= 0.3 is 0 Å². The van der Waals surface area contributed by atoms with E-state index in [0.717, 1.165) is 45.0 Å². The van der Waals surface area contributed by atoms with Gasteiger partial charge in [0.25, 0.3) is 0 Å². The van der Waals surface area contributed by atoms with Crippen molar-refractivity contribution in [1.29, 1.82) is 0 Å². The van der Waals surface area contributed by atoms with Crippen LogP contribution in [0.4, 0.5) is 5.82 Å². The third-order valence-corrected chi connectivity index (χ3v) is 6.66. The fourth-order valence-corrected chi connectivity index (χ4v) is 5.07. The standard InChI is InChI=1S/C24H30N4/c1-18-8-10-25-23(17-18)27-15-13-26(14-16-27)12-9-21-19(2)28-11-4-6-20-5-3-7-22(21)24(20)28/h3,5,7-8,10,17H,4,6,9,11-16H2,1-2H3. The normalized spacial score (nSPS) is 17.4.